The van der Waals surface area contributed by atoms with Crippen LogP contribution in [-0.2, 0) is 11.3 Å². The Morgan fingerprint density at radius 3 is 2.22 bits per heavy atom. The molecule has 2 atom stereocenters. The lowest BCUT2D eigenvalue weighted by Gasteiger charge is -2.48. The highest BCUT2D eigenvalue weighted by atomic mass is 19.1. The molecule has 0 saturated carbocycles. The maximum Gasteiger partial charge on any atom is 0.410 e. The number of rotatable bonds is 7. The van der Waals surface area contributed by atoms with Crippen molar-refractivity contribution in [1.29, 1.82) is 0 Å². The van der Waals surface area contributed by atoms with Gasteiger partial charge in [-0.2, -0.15) is 4.98 Å². The molecule has 242 valence electrons. The van der Waals surface area contributed by atoms with Gasteiger partial charge >= 0.3 is 6.09 Å². The molecule has 0 N–H and O–H groups in total. The zero-order chi connectivity index (χ0) is 32.7. The summed E-state index contributed by atoms with van der Waals surface area (Å²) in [6.45, 7) is 12.0. The number of benzene rings is 2. The average Bonchev–Trinajstić information content (AvgIpc) is 3.65. The third-order valence-corrected chi connectivity index (χ3v) is 8.38. The second kappa shape index (κ2) is 12.3. The number of likely N-dealkylation sites (N-methyl/N-ethyl adjacent to an activating group) is 1. The summed E-state index contributed by atoms with van der Waals surface area (Å²) >= 11 is 0. The Bertz CT molecular complexity index is 1790. The minimum Gasteiger partial charge on any atom is -0.444 e. The Morgan fingerprint density at radius 1 is 0.978 bits per heavy atom. The lowest BCUT2D eigenvalue weighted by atomic mass is 9.93. The van der Waals surface area contributed by atoms with Crippen LogP contribution in [0.2, 0.25) is 0 Å². The number of anilines is 1. The van der Waals surface area contributed by atoms with Crippen LogP contribution in [-0.4, -0.2) is 89.4 Å². The molecule has 1 aliphatic heterocycles. The minimum atomic E-state index is -0.585. The summed E-state index contributed by atoms with van der Waals surface area (Å²) in [7, 11) is 1.71. The molecule has 1 saturated heterocycles. The summed E-state index contributed by atoms with van der Waals surface area (Å²) in [4.78, 5) is 28.4. The van der Waals surface area contributed by atoms with Crippen molar-refractivity contribution in [2.24, 2.45) is 0 Å². The zero-order valence-electron chi connectivity index (χ0n) is 26.9. The summed E-state index contributed by atoms with van der Waals surface area (Å²) in [6, 6.07) is 12.9. The average molecular weight is 632 g/mol. The number of aromatic nitrogens is 6. The molecule has 2 aromatic carbocycles. The monoisotopic (exact) mass is 631 g/mol. The topological polar surface area (TPSA) is 96.9 Å². The van der Waals surface area contributed by atoms with Gasteiger partial charge in [-0.05, 0) is 70.0 Å². The zero-order valence-corrected chi connectivity index (χ0v) is 26.9. The molecule has 13 heteroatoms. The molecule has 3 aromatic heterocycles. The number of ether oxygens (including phenoxy) is 1. The van der Waals surface area contributed by atoms with Crippen molar-refractivity contribution in [1.82, 2.24) is 38.9 Å². The van der Waals surface area contributed by atoms with Crippen molar-refractivity contribution >= 4 is 28.9 Å². The van der Waals surface area contributed by atoms with Gasteiger partial charge in [-0.1, -0.05) is 24.3 Å². The molecular weight excluding hydrogens is 592 g/mol. The highest BCUT2D eigenvalue weighted by molar-refractivity contribution is 5.86. The van der Waals surface area contributed by atoms with Crippen molar-refractivity contribution < 1.29 is 18.3 Å². The smallest absolute Gasteiger partial charge is 0.410 e. The van der Waals surface area contributed by atoms with Crippen LogP contribution < -0.4 is 4.90 Å². The van der Waals surface area contributed by atoms with Crippen LogP contribution in [0.15, 0.2) is 61.2 Å². The van der Waals surface area contributed by atoms with Crippen LogP contribution >= 0.6 is 0 Å². The van der Waals surface area contributed by atoms with Crippen LogP contribution in [0.1, 0.15) is 51.8 Å². The van der Waals surface area contributed by atoms with Crippen LogP contribution in [0.5, 0.6) is 0 Å². The molecule has 1 amide bonds. The third-order valence-electron chi connectivity index (χ3n) is 8.38. The molecule has 0 bridgehead atoms. The van der Waals surface area contributed by atoms with Gasteiger partial charge in [0.25, 0.3) is 5.78 Å². The molecule has 4 heterocycles. The number of piperazine rings is 1. The lowest BCUT2D eigenvalue weighted by molar-refractivity contribution is 0.0294. The predicted molar refractivity (Wildman–Crippen MR) is 171 cm³/mol. The Hall–Kier alpha value is -4.65. The molecule has 5 aromatic rings. The number of amides is 1. The van der Waals surface area contributed by atoms with E-state index in [1.54, 1.807) is 48.9 Å². The Kier molecular flexibility index (Phi) is 8.36. The number of nitrogens with zero attached hydrogens (tertiary/aromatic N) is 9. The van der Waals surface area contributed by atoms with Crippen LogP contribution in [0.25, 0.3) is 16.9 Å². The number of hydrogen-bond donors (Lipinski definition) is 0. The number of carbonyl (C=O) groups excluding carboxylic acids is 1. The standard InChI is InChI=1S/C33H39F2N9O2/c1-21-18-43(22(2)17-42(21)28(23-7-11-25(34)12-8-23)24-9-13-26(35)14-10-24)29-27-30(44-20-37-39-31(44)38-29)41(19-36-27)16-15-40(6)32(45)46-33(3,4)5/h7-14,19-22,28H,15-18H2,1-6H3/t21-,22+/m1/s1. The van der Waals surface area contributed by atoms with Crippen molar-refractivity contribution in [3.8, 4) is 0 Å². The molecular formula is C33H39F2N9O2. The van der Waals surface area contributed by atoms with Gasteiger partial charge in [-0.15, -0.1) is 10.2 Å². The summed E-state index contributed by atoms with van der Waals surface area (Å²) in [5.74, 6) is 0.543. The SMILES string of the molecule is C[C@@H]1CN(c2nc3nncn3c3c2ncn3CCN(C)C(=O)OC(C)(C)C)[C@@H](C)CN1C(c1ccc(F)cc1)c1ccc(F)cc1. The number of hydrogen-bond acceptors (Lipinski definition) is 8. The maximum atomic E-state index is 13.9. The fourth-order valence-electron chi connectivity index (χ4n) is 6.11. The van der Waals surface area contributed by atoms with Gasteiger partial charge in [0.15, 0.2) is 11.5 Å². The Balaban J connectivity index is 1.30. The van der Waals surface area contributed by atoms with Crippen LogP contribution in [0, 0.1) is 11.6 Å². The van der Waals surface area contributed by atoms with Crippen LogP contribution in [0.4, 0.5) is 19.4 Å². The van der Waals surface area contributed by atoms with Gasteiger partial charge in [0.05, 0.1) is 12.4 Å². The van der Waals surface area contributed by atoms with Gasteiger partial charge < -0.3 is 19.1 Å². The van der Waals surface area contributed by atoms with E-state index in [-0.39, 0.29) is 29.8 Å². The molecule has 6 rings (SSSR count). The number of halogens is 2. The highest BCUT2D eigenvalue weighted by Crippen LogP contribution is 2.36. The minimum absolute atomic E-state index is 0.00381. The highest BCUT2D eigenvalue weighted by Gasteiger charge is 2.37. The first kappa shape index (κ1) is 31.3. The summed E-state index contributed by atoms with van der Waals surface area (Å²) in [6.07, 6.45) is 2.97. The van der Waals surface area contributed by atoms with Gasteiger partial charge in [-0.3, -0.25) is 4.90 Å². The van der Waals surface area contributed by atoms with E-state index < -0.39 is 11.7 Å². The maximum absolute atomic E-state index is 13.9. The van der Waals surface area contributed by atoms with E-state index in [1.165, 1.54) is 24.3 Å². The molecule has 1 fully saturated rings. The third kappa shape index (κ3) is 6.23. The first-order valence-electron chi connectivity index (χ1n) is 15.4. The molecule has 0 unspecified atom stereocenters. The Labute approximate surface area is 266 Å². The van der Waals surface area contributed by atoms with Gasteiger partial charge in [-0.25, -0.2) is 23.0 Å². The van der Waals surface area contributed by atoms with Gasteiger partial charge in [0, 0.05) is 45.3 Å². The molecule has 11 nitrogen and oxygen atoms in total. The van der Waals surface area contributed by atoms with E-state index in [9.17, 15) is 13.6 Å². The van der Waals surface area contributed by atoms with E-state index in [2.05, 4.69) is 33.8 Å². The number of carbonyl (C=O) groups is 1. The van der Waals surface area contributed by atoms with E-state index in [0.29, 0.717) is 43.3 Å². The van der Waals surface area contributed by atoms with E-state index in [0.717, 1.165) is 16.8 Å². The fourth-order valence-corrected chi connectivity index (χ4v) is 6.11. The number of imidazole rings is 1. The van der Waals surface area contributed by atoms with E-state index in [1.807, 2.05) is 29.7 Å². The quantitative estimate of drug-likeness (QED) is 0.239. The second-order valence-corrected chi connectivity index (χ2v) is 13.0. The summed E-state index contributed by atoms with van der Waals surface area (Å²) < 4.78 is 37.1. The molecule has 46 heavy (non-hydrogen) atoms. The molecule has 0 aliphatic carbocycles. The first-order chi connectivity index (χ1) is 21.9. The molecule has 0 spiro atoms. The van der Waals surface area contributed by atoms with Crippen molar-refractivity contribution in [3.63, 3.8) is 0 Å². The largest absolute Gasteiger partial charge is 0.444 e. The predicted octanol–water partition coefficient (Wildman–Crippen LogP) is 5.31. The van der Waals surface area contributed by atoms with Crippen molar-refractivity contribution in [2.75, 3.05) is 31.6 Å². The van der Waals surface area contributed by atoms with E-state index >= 15 is 0 Å². The molecule has 0 radical (unpaired) electrons. The van der Waals surface area contributed by atoms with E-state index in [4.69, 9.17) is 14.7 Å². The van der Waals surface area contributed by atoms with Crippen LogP contribution in [0.3, 0.4) is 0 Å². The normalized spacial score (nSPS) is 17.7. The second-order valence-electron chi connectivity index (χ2n) is 13.0. The van der Waals surface area contributed by atoms with Crippen molar-refractivity contribution in [2.45, 2.75) is 64.9 Å². The van der Waals surface area contributed by atoms with Gasteiger partial charge in [0.1, 0.15) is 29.1 Å². The summed E-state index contributed by atoms with van der Waals surface area (Å²) in [5, 5.41) is 8.38. The van der Waals surface area contributed by atoms with Gasteiger partial charge in [0.2, 0.25) is 0 Å². The first-order valence-corrected chi connectivity index (χ1v) is 15.4. The van der Waals surface area contributed by atoms with Crippen molar-refractivity contribution in [3.05, 3.63) is 83.9 Å². The fraction of sp³-hybridized carbons (Fsp3) is 0.424. The molecule has 1 aliphatic rings. The number of fused-ring (bicyclic) bond motifs is 3. The summed E-state index contributed by atoms with van der Waals surface area (Å²) in [5.41, 5.74) is 2.76. The Morgan fingerprint density at radius 2 is 1.61 bits per heavy atom. The lowest BCUT2D eigenvalue weighted by Crippen LogP contribution is -2.57.